The second kappa shape index (κ2) is 5.92. The zero-order valence-electron chi connectivity index (χ0n) is 15.7. The Kier molecular flexibility index (Phi) is 3.92. The van der Waals surface area contributed by atoms with Crippen molar-refractivity contribution in [1.82, 2.24) is 0 Å². The number of amidine groups is 1. The molecule has 4 rings (SSSR count). The number of rotatable bonds is 2. The highest BCUT2D eigenvalue weighted by atomic mass is 16.5. The molecule has 26 heavy (non-hydrogen) atoms. The molecule has 4 atom stereocenters. The summed E-state index contributed by atoms with van der Waals surface area (Å²) in [6, 6.07) is 8.23. The average Bonchev–Trinajstić information content (AvgIpc) is 3.09. The molecule has 1 aromatic carbocycles. The number of nitrogens with zero attached hydrogens (tertiary/aromatic N) is 3. The van der Waals surface area contributed by atoms with Gasteiger partial charge in [0.15, 0.2) is 5.66 Å². The summed E-state index contributed by atoms with van der Waals surface area (Å²) in [5, 5.41) is 9.39. The first kappa shape index (κ1) is 17.2. The SMILES string of the molecule is CC[C@H]1C[C@@]2(CC[C@@H]1OC)Cc1ccc(C#N)cc1[C@@]21N=C(C)C(N)=N1. The number of nitrogens with two attached hydrogens (primary N) is 1. The number of aliphatic imine (C=N–C) groups is 2. The highest BCUT2D eigenvalue weighted by Gasteiger charge is 2.62. The number of ether oxygens (including phenoxy) is 1. The van der Waals surface area contributed by atoms with E-state index in [2.05, 4.69) is 19.1 Å². The van der Waals surface area contributed by atoms with Gasteiger partial charge in [0.1, 0.15) is 5.84 Å². The Labute approximate surface area is 155 Å². The highest BCUT2D eigenvalue weighted by Crippen LogP contribution is 2.62. The van der Waals surface area contributed by atoms with Crippen LogP contribution in [-0.2, 0) is 16.8 Å². The molecule has 1 heterocycles. The van der Waals surface area contributed by atoms with Gasteiger partial charge in [-0.25, -0.2) is 4.99 Å². The van der Waals surface area contributed by atoms with Crippen LogP contribution in [0.1, 0.15) is 56.2 Å². The second-order valence-electron chi connectivity index (χ2n) is 7.99. The molecule has 0 bridgehead atoms. The van der Waals surface area contributed by atoms with Crippen LogP contribution in [0, 0.1) is 22.7 Å². The number of nitriles is 1. The maximum atomic E-state index is 9.39. The van der Waals surface area contributed by atoms with E-state index in [0.29, 0.717) is 23.4 Å². The molecule has 5 heteroatoms. The summed E-state index contributed by atoms with van der Waals surface area (Å²) in [6.07, 6.45) is 5.36. The van der Waals surface area contributed by atoms with Gasteiger partial charge in [-0.3, -0.25) is 4.99 Å². The van der Waals surface area contributed by atoms with Crippen LogP contribution >= 0.6 is 0 Å². The molecule has 2 aliphatic carbocycles. The van der Waals surface area contributed by atoms with Crippen LogP contribution in [0.3, 0.4) is 0 Å². The van der Waals surface area contributed by atoms with Gasteiger partial charge in [0.2, 0.25) is 0 Å². The van der Waals surface area contributed by atoms with Crippen molar-refractivity contribution in [3.63, 3.8) is 0 Å². The van der Waals surface area contributed by atoms with Gasteiger partial charge in [0.05, 0.1) is 23.4 Å². The van der Waals surface area contributed by atoms with Gasteiger partial charge < -0.3 is 10.5 Å². The molecule has 5 nitrogen and oxygen atoms in total. The van der Waals surface area contributed by atoms with Crippen LogP contribution in [0.25, 0.3) is 0 Å². The van der Waals surface area contributed by atoms with Gasteiger partial charge in [-0.15, -0.1) is 0 Å². The molecule has 0 unspecified atom stereocenters. The summed E-state index contributed by atoms with van der Waals surface area (Å²) in [6.45, 7) is 4.17. The lowest BCUT2D eigenvalue weighted by Gasteiger charge is -2.47. The van der Waals surface area contributed by atoms with Crippen molar-refractivity contribution < 1.29 is 4.74 Å². The van der Waals surface area contributed by atoms with Crippen molar-refractivity contribution in [2.24, 2.45) is 27.1 Å². The maximum Gasteiger partial charge on any atom is 0.184 e. The fraction of sp³-hybridized carbons (Fsp3) is 0.571. The molecular formula is C21H26N4O. The minimum atomic E-state index is -0.671. The van der Waals surface area contributed by atoms with Crippen molar-refractivity contribution in [2.75, 3.05) is 7.11 Å². The standard InChI is InChI=1S/C21H26N4O/c1-4-15-10-20(8-7-18(15)26-3)11-16-6-5-14(12-22)9-17(16)21(20)24-13(2)19(23)25-21/h5-6,9,15,18H,4,7-8,10-11H2,1-3H3,(H2,23,25)/t15-,18-,20-,21-/m0/s1. The number of benzene rings is 1. The summed E-state index contributed by atoms with van der Waals surface area (Å²) < 4.78 is 5.76. The minimum Gasteiger partial charge on any atom is -0.382 e. The van der Waals surface area contributed by atoms with Crippen molar-refractivity contribution >= 4 is 11.5 Å². The van der Waals surface area contributed by atoms with Crippen LogP contribution in [0.4, 0.5) is 0 Å². The van der Waals surface area contributed by atoms with E-state index in [-0.39, 0.29) is 5.41 Å². The van der Waals surface area contributed by atoms with E-state index in [1.54, 1.807) is 0 Å². The lowest BCUT2D eigenvalue weighted by molar-refractivity contribution is -0.0451. The van der Waals surface area contributed by atoms with Crippen LogP contribution in [0.2, 0.25) is 0 Å². The van der Waals surface area contributed by atoms with Crippen LogP contribution in [-0.4, -0.2) is 24.8 Å². The zero-order valence-corrected chi connectivity index (χ0v) is 15.7. The van der Waals surface area contributed by atoms with Crippen molar-refractivity contribution in [2.45, 2.75) is 57.7 Å². The molecule has 1 aliphatic heterocycles. The smallest absolute Gasteiger partial charge is 0.184 e. The zero-order chi connectivity index (χ0) is 18.5. The maximum absolute atomic E-state index is 9.39. The molecule has 1 aromatic rings. The monoisotopic (exact) mass is 350 g/mol. The van der Waals surface area contributed by atoms with Gasteiger partial charge in [0.25, 0.3) is 0 Å². The number of methoxy groups -OCH3 is 1. The fourth-order valence-corrected chi connectivity index (χ4v) is 5.42. The first-order chi connectivity index (χ1) is 12.5. The molecule has 136 valence electrons. The summed E-state index contributed by atoms with van der Waals surface area (Å²) in [5.41, 5.74) is 9.24. The van der Waals surface area contributed by atoms with E-state index in [1.165, 1.54) is 5.56 Å². The normalized spacial score (nSPS) is 35.3. The molecule has 2 N–H and O–H groups in total. The number of fused-ring (bicyclic) bond motifs is 3. The lowest BCUT2D eigenvalue weighted by atomic mass is 9.61. The van der Waals surface area contributed by atoms with E-state index in [9.17, 15) is 5.26 Å². The molecule has 2 spiro atoms. The minimum absolute atomic E-state index is 0.0818. The summed E-state index contributed by atoms with van der Waals surface area (Å²) in [5.74, 6) is 1.02. The quantitative estimate of drug-likeness (QED) is 0.888. The predicted molar refractivity (Wildman–Crippen MR) is 102 cm³/mol. The largest absolute Gasteiger partial charge is 0.382 e. The Morgan fingerprint density at radius 3 is 2.81 bits per heavy atom. The van der Waals surface area contributed by atoms with E-state index in [4.69, 9.17) is 20.5 Å². The van der Waals surface area contributed by atoms with Crippen LogP contribution < -0.4 is 5.73 Å². The number of hydrogen-bond acceptors (Lipinski definition) is 5. The molecule has 0 radical (unpaired) electrons. The van der Waals surface area contributed by atoms with Crippen molar-refractivity contribution in [3.05, 3.63) is 34.9 Å². The first-order valence-corrected chi connectivity index (χ1v) is 9.47. The van der Waals surface area contributed by atoms with Gasteiger partial charge >= 0.3 is 0 Å². The average molecular weight is 350 g/mol. The Morgan fingerprint density at radius 1 is 1.38 bits per heavy atom. The van der Waals surface area contributed by atoms with Gasteiger partial charge in [-0.05, 0) is 56.2 Å². The summed E-state index contributed by atoms with van der Waals surface area (Å²) in [7, 11) is 1.82. The van der Waals surface area contributed by atoms with Crippen LogP contribution in [0.5, 0.6) is 0 Å². The predicted octanol–water partition coefficient (Wildman–Crippen LogP) is 3.31. The molecule has 1 saturated carbocycles. The molecular weight excluding hydrogens is 324 g/mol. The molecule has 0 aromatic heterocycles. The van der Waals surface area contributed by atoms with Crippen LogP contribution in [0.15, 0.2) is 28.2 Å². The lowest BCUT2D eigenvalue weighted by Crippen LogP contribution is -2.47. The van der Waals surface area contributed by atoms with Crippen molar-refractivity contribution in [3.8, 4) is 6.07 Å². The first-order valence-electron chi connectivity index (χ1n) is 9.47. The topological polar surface area (TPSA) is 83.8 Å². The van der Waals surface area contributed by atoms with E-state index in [0.717, 1.165) is 43.4 Å². The van der Waals surface area contributed by atoms with E-state index >= 15 is 0 Å². The number of hydrogen-bond donors (Lipinski definition) is 1. The third-order valence-corrected chi connectivity index (χ3v) is 6.78. The Balaban J connectivity index is 1.88. The van der Waals surface area contributed by atoms with E-state index < -0.39 is 5.66 Å². The van der Waals surface area contributed by atoms with E-state index in [1.807, 2.05) is 26.2 Å². The molecule has 0 amide bonds. The Hall–Kier alpha value is -2.19. The third kappa shape index (κ3) is 2.18. The molecule has 3 aliphatic rings. The van der Waals surface area contributed by atoms with Gasteiger partial charge in [0, 0.05) is 18.1 Å². The van der Waals surface area contributed by atoms with Crippen molar-refractivity contribution in [1.29, 1.82) is 5.26 Å². The Bertz CT molecular complexity index is 832. The summed E-state index contributed by atoms with van der Waals surface area (Å²) >= 11 is 0. The Morgan fingerprint density at radius 2 is 2.19 bits per heavy atom. The molecule has 0 saturated heterocycles. The highest BCUT2D eigenvalue weighted by molar-refractivity contribution is 6.41. The third-order valence-electron chi connectivity index (χ3n) is 6.78. The van der Waals surface area contributed by atoms with Gasteiger partial charge in [-0.2, -0.15) is 5.26 Å². The van der Waals surface area contributed by atoms with Gasteiger partial charge in [-0.1, -0.05) is 19.4 Å². The fourth-order valence-electron chi connectivity index (χ4n) is 5.42. The molecule has 1 fully saturated rings. The summed E-state index contributed by atoms with van der Waals surface area (Å²) in [4.78, 5) is 10.0. The second-order valence-corrected chi connectivity index (χ2v) is 7.99.